The van der Waals surface area contributed by atoms with Gasteiger partial charge in [-0.25, -0.2) is 0 Å². The van der Waals surface area contributed by atoms with Crippen molar-refractivity contribution in [1.82, 2.24) is 9.80 Å². The molecule has 1 aromatic heterocycles. The standard InChI is InChI=1S/C20H28N2O3/c1-15(19-13-16-7-3-4-10-18(16)25-19)21(2)20(24)14-22-11-5-8-17(22)9-6-12-23/h3-4,7,10,13,15,17,23H,5-6,8-9,11-12,14H2,1-2H3. The number of likely N-dealkylation sites (tertiary alicyclic amines) is 1. The number of aliphatic hydroxyl groups excluding tert-OH is 1. The summed E-state index contributed by atoms with van der Waals surface area (Å²) in [5.74, 6) is 0.930. The summed E-state index contributed by atoms with van der Waals surface area (Å²) in [6, 6.07) is 10.3. The molecule has 5 heteroatoms. The first-order valence-electron chi connectivity index (χ1n) is 9.19. The minimum absolute atomic E-state index is 0.0987. The van der Waals surface area contributed by atoms with Gasteiger partial charge in [-0.05, 0) is 51.3 Å². The lowest BCUT2D eigenvalue weighted by molar-refractivity contribution is -0.133. The van der Waals surface area contributed by atoms with Crippen LogP contribution in [0.4, 0.5) is 0 Å². The van der Waals surface area contributed by atoms with Crippen molar-refractivity contribution in [3.05, 3.63) is 36.1 Å². The molecule has 2 atom stereocenters. The van der Waals surface area contributed by atoms with E-state index in [1.54, 1.807) is 4.90 Å². The van der Waals surface area contributed by atoms with Gasteiger partial charge >= 0.3 is 0 Å². The lowest BCUT2D eigenvalue weighted by atomic mass is 10.1. The van der Waals surface area contributed by atoms with Gasteiger partial charge in [-0.3, -0.25) is 9.69 Å². The number of para-hydroxylation sites is 1. The third kappa shape index (κ3) is 4.05. The number of hydrogen-bond acceptors (Lipinski definition) is 4. The van der Waals surface area contributed by atoms with E-state index >= 15 is 0 Å². The van der Waals surface area contributed by atoms with Gasteiger partial charge in [0, 0.05) is 25.1 Å². The number of furan rings is 1. The van der Waals surface area contributed by atoms with Crippen LogP contribution in [0, 0.1) is 0 Å². The number of carbonyl (C=O) groups is 1. The number of carbonyl (C=O) groups excluding carboxylic acids is 1. The van der Waals surface area contributed by atoms with Crippen molar-refractivity contribution in [3.8, 4) is 0 Å². The van der Waals surface area contributed by atoms with Crippen LogP contribution >= 0.6 is 0 Å². The normalized spacial score (nSPS) is 19.4. The van der Waals surface area contributed by atoms with Crippen LogP contribution in [0.1, 0.15) is 44.4 Å². The maximum Gasteiger partial charge on any atom is 0.237 e. The Morgan fingerprint density at radius 1 is 1.44 bits per heavy atom. The minimum atomic E-state index is -0.0987. The third-order valence-corrected chi connectivity index (χ3v) is 5.36. The molecule has 1 N–H and O–H groups in total. The molecule has 0 saturated carbocycles. The highest BCUT2D eigenvalue weighted by Gasteiger charge is 2.28. The molecule has 0 bridgehead atoms. The van der Waals surface area contributed by atoms with Crippen molar-refractivity contribution in [2.75, 3.05) is 26.7 Å². The van der Waals surface area contributed by atoms with E-state index in [1.807, 2.05) is 44.3 Å². The number of benzene rings is 1. The van der Waals surface area contributed by atoms with Crippen molar-refractivity contribution in [2.45, 2.75) is 44.7 Å². The van der Waals surface area contributed by atoms with Crippen LogP contribution in [0.25, 0.3) is 11.0 Å². The molecule has 25 heavy (non-hydrogen) atoms. The molecule has 1 aromatic carbocycles. The first kappa shape index (κ1) is 18.0. The summed E-state index contributed by atoms with van der Waals surface area (Å²) in [6.45, 7) is 3.63. The van der Waals surface area contributed by atoms with Crippen LogP contribution in [-0.2, 0) is 4.79 Å². The number of rotatable bonds is 7. The zero-order valence-corrected chi connectivity index (χ0v) is 15.1. The average Bonchev–Trinajstić information content (AvgIpc) is 3.24. The minimum Gasteiger partial charge on any atom is -0.459 e. The zero-order valence-electron chi connectivity index (χ0n) is 15.1. The van der Waals surface area contributed by atoms with E-state index in [9.17, 15) is 4.79 Å². The monoisotopic (exact) mass is 344 g/mol. The molecule has 1 amide bonds. The lowest BCUT2D eigenvalue weighted by Crippen LogP contribution is -2.41. The fourth-order valence-electron chi connectivity index (χ4n) is 3.66. The predicted octanol–water partition coefficient (Wildman–Crippen LogP) is 3.19. The van der Waals surface area contributed by atoms with Gasteiger partial charge in [0.1, 0.15) is 11.3 Å². The highest BCUT2D eigenvalue weighted by molar-refractivity contribution is 5.80. The predicted molar refractivity (Wildman–Crippen MR) is 98.3 cm³/mol. The van der Waals surface area contributed by atoms with E-state index < -0.39 is 0 Å². The Morgan fingerprint density at radius 3 is 3.00 bits per heavy atom. The molecule has 2 aromatic rings. The van der Waals surface area contributed by atoms with Gasteiger partial charge in [-0.2, -0.15) is 0 Å². The number of hydrogen-bond donors (Lipinski definition) is 1. The molecule has 1 fully saturated rings. The topological polar surface area (TPSA) is 56.9 Å². The second kappa shape index (κ2) is 8.02. The Morgan fingerprint density at radius 2 is 2.24 bits per heavy atom. The number of amides is 1. The van der Waals surface area contributed by atoms with Crippen molar-refractivity contribution < 1.29 is 14.3 Å². The maximum absolute atomic E-state index is 12.7. The Bertz CT molecular complexity index is 679. The molecule has 2 heterocycles. The van der Waals surface area contributed by atoms with E-state index in [0.29, 0.717) is 12.6 Å². The van der Waals surface area contributed by atoms with Crippen LogP contribution in [-0.4, -0.2) is 53.6 Å². The first-order valence-corrected chi connectivity index (χ1v) is 9.19. The van der Waals surface area contributed by atoms with Gasteiger partial charge in [-0.15, -0.1) is 0 Å². The number of fused-ring (bicyclic) bond motifs is 1. The van der Waals surface area contributed by atoms with Crippen molar-refractivity contribution in [2.24, 2.45) is 0 Å². The highest BCUT2D eigenvalue weighted by Crippen LogP contribution is 2.27. The van der Waals surface area contributed by atoms with Crippen molar-refractivity contribution >= 4 is 16.9 Å². The molecule has 1 saturated heterocycles. The summed E-state index contributed by atoms with van der Waals surface area (Å²) in [4.78, 5) is 16.8. The average molecular weight is 344 g/mol. The summed E-state index contributed by atoms with van der Waals surface area (Å²) in [5.41, 5.74) is 0.855. The van der Waals surface area contributed by atoms with Gasteiger partial charge in [0.25, 0.3) is 0 Å². The quantitative estimate of drug-likeness (QED) is 0.838. The smallest absolute Gasteiger partial charge is 0.237 e. The van der Waals surface area contributed by atoms with E-state index in [4.69, 9.17) is 9.52 Å². The van der Waals surface area contributed by atoms with Crippen LogP contribution in [0.5, 0.6) is 0 Å². The molecular formula is C20H28N2O3. The van der Waals surface area contributed by atoms with E-state index in [2.05, 4.69) is 4.90 Å². The van der Waals surface area contributed by atoms with E-state index in [1.165, 1.54) is 0 Å². The Kier molecular flexibility index (Phi) is 5.76. The first-order chi connectivity index (χ1) is 12.1. The number of nitrogens with zero attached hydrogens (tertiary/aromatic N) is 2. The SMILES string of the molecule is CC(c1cc2ccccc2o1)N(C)C(=O)CN1CCCC1CCCO. The second-order valence-corrected chi connectivity index (χ2v) is 7.00. The molecule has 2 unspecified atom stereocenters. The third-order valence-electron chi connectivity index (χ3n) is 5.36. The number of aliphatic hydroxyl groups is 1. The van der Waals surface area contributed by atoms with Gasteiger partial charge in [0.2, 0.25) is 5.91 Å². The van der Waals surface area contributed by atoms with Gasteiger partial charge in [-0.1, -0.05) is 18.2 Å². The second-order valence-electron chi connectivity index (χ2n) is 7.00. The van der Waals surface area contributed by atoms with Crippen LogP contribution in [0.3, 0.4) is 0 Å². The summed E-state index contributed by atoms with van der Waals surface area (Å²) < 4.78 is 5.91. The summed E-state index contributed by atoms with van der Waals surface area (Å²) in [5, 5.41) is 10.1. The molecular weight excluding hydrogens is 316 g/mol. The highest BCUT2D eigenvalue weighted by atomic mass is 16.3. The fourth-order valence-corrected chi connectivity index (χ4v) is 3.66. The molecule has 5 nitrogen and oxygen atoms in total. The van der Waals surface area contributed by atoms with E-state index in [0.717, 1.165) is 49.0 Å². The number of likely N-dealkylation sites (N-methyl/N-ethyl adjacent to an activating group) is 1. The Labute approximate surface area is 149 Å². The van der Waals surface area contributed by atoms with E-state index in [-0.39, 0.29) is 18.6 Å². The van der Waals surface area contributed by atoms with Gasteiger partial charge < -0.3 is 14.4 Å². The molecule has 136 valence electrons. The van der Waals surface area contributed by atoms with Crippen LogP contribution in [0.15, 0.2) is 34.7 Å². The molecule has 0 spiro atoms. The molecule has 3 rings (SSSR count). The van der Waals surface area contributed by atoms with Gasteiger partial charge in [0.15, 0.2) is 0 Å². The maximum atomic E-state index is 12.7. The Balaban J connectivity index is 1.63. The molecule has 1 aliphatic heterocycles. The van der Waals surface area contributed by atoms with Crippen LogP contribution in [0.2, 0.25) is 0 Å². The fraction of sp³-hybridized carbons (Fsp3) is 0.550. The molecule has 1 aliphatic rings. The largest absolute Gasteiger partial charge is 0.459 e. The van der Waals surface area contributed by atoms with Gasteiger partial charge in [0.05, 0.1) is 12.6 Å². The zero-order chi connectivity index (χ0) is 17.8. The molecule has 0 aliphatic carbocycles. The summed E-state index contributed by atoms with van der Waals surface area (Å²) >= 11 is 0. The molecule has 0 radical (unpaired) electrons. The lowest BCUT2D eigenvalue weighted by Gasteiger charge is -2.29. The summed E-state index contributed by atoms with van der Waals surface area (Å²) in [6.07, 6.45) is 4.02. The summed E-state index contributed by atoms with van der Waals surface area (Å²) in [7, 11) is 1.85. The van der Waals surface area contributed by atoms with Crippen molar-refractivity contribution in [1.29, 1.82) is 0 Å². The van der Waals surface area contributed by atoms with Crippen LogP contribution < -0.4 is 0 Å². The van der Waals surface area contributed by atoms with Crippen molar-refractivity contribution in [3.63, 3.8) is 0 Å². The Hall–Kier alpha value is -1.85.